The fraction of sp³-hybridized carbons (Fsp3) is 0.286. The van der Waals surface area contributed by atoms with Crippen molar-refractivity contribution in [1.82, 2.24) is 9.71 Å². The molecule has 0 fully saturated rings. The number of pyridine rings is 1. The zero-order chi connectivity index (χ0) is 16.9. The summed E-state index contributed by atoms with van der Waals surface area (Å²) in [7, 11) is -3.63. The molecule has 0 aliphatic heterocycles. The molecule has 2 aromatic rings. The van der Waals surface area contributed by atoms with E-state index in [2.05, 4.69) is 14.7 Å². The molecular weight excluding hydrogens is 338 g/mol. The van der Waals surface area contributed by atoms with Crippen LogP contribution in [-0.4, -0.2) is 32.5 Å². The number of fused-ring (bicyclic) bond motifs is 1. The molecule has 0 aliphatic rings. The Kier molecular flexibility index (Phi) is 5.75. The molecule has 5 N–H and O–H groups in total. The highest BCUT2D eigenvalue weighted by molar-refractivity contribution is 7.89. The van der Waals surface area contributed by atoms with Crippen LogP contribution in [0, 0.1) is 0 Å². The van der Waals surface area contributed by atoms with Crippen LogP contribution in [0.2, 0.25) is 5.15 Å². The first kappa shape index (κ1) is 17.5. The van der Waals surface area contributed by atoms with E-state index in [1.165, 1.54) is 6.20 Å². The van der Waals surface area contributed by atoms with Crippen molar-refractivity contribution in [2.24, 2.45) is 16.5 Å². The Hall–Kier alpha value is -1.90. The second-order valence-corrected chi connectivity index (χ2v) is 6.96. The number of nitrogens with two attached hydrogens (primary N) is 2. The summed E-state index contributed by atoms with van der Waals surface area (Å²) in [5, 5.41) is 1.42. The third-order valence-electron chi connectivity index (χ3n) is 3.18. The molecule has 0 saturated carbocycles. The van der Waals surface area contributed by atoms with E-state index in [4.69, 9.17) is 23.1 Å². The molecule has 0 aliphatic carbocycles. The summed E-state index contributed by atoms with van der Waals surface area (Å²) in [5.41, 5.74) is 10.4. The maximum atomic E-state index is 12.5. The lowest BCUT2D eigenvalue weighted by Crippen LogP contribution is -2.25. The number of nitrogens with zero attached hydrogens (tertiary/aromatic N) is 2. The normalized spacial score (nSPS) is 11.5. The highest BCUT2D eigenvalue weighted by Crippen LogP contribution is 2.26. The molecular formula is C14H18ClN5O2S. The number of hydrogen-bond donors (Lipinski definition) is 3. The van der Waals surface area contributed by atoms with Crippen molar-refractivity contribution in [2.45, 2.75) is 17.7 Å². The van der Waals surface area contributed by atoms with Gasteiger partial charge in [0.15, 0.2) is 5.96 Å². The highest BCUT2D eigenvalue weighted by Gasteiger charge is 2.17. The SMILES string of the molecule is NC(N)=NCCCCNS(=O)(=O)c1cccc2c(Cl)nccc12. The fourth-order valence-corrected chi connectivity index (χ4v) is 3.62. The lowest BCUT2D eigenvalue weighted by atomic mass is 10.2. The molecule has 23 heavy (non-hydrogen) atoms. The molecule has 9 heteroatoms. The Balaban J connectivity index is 2.09. The summed E-state index contributed by atoms with van der Waals surface area (Å²) in [6.07, 6.45) is 2.80. The van der Waals surface area contributed by atoms with Gasteiger partial charge in [0, 0.05) is 30.1 Å². The van der Waals surface area contributed by atoms with E-state index in [1.807, 2.05) is 0 Å². The quantitative estimate of drug-likeness (QED) is 0.298. The maximum Gasteiger partial charge on any atom is 0.241 e. The average molecular weight is 356 g/mol. The van der Waals surface area contributed by atoms with Crippen LogP contribution in [0.4, 0.5) is 0 Å². The molecule has 0 amide bonds. The first-order chi connectivity index (χ1) is 10.9. The maximum absolute atomic E-state index is 12.5. The van der Waals surface area contributed by atoms with Crippen molar-refractivity contribution >= 4 is 38.4 Å². The Bertz CT molecular complexity index is 819. The van der Waals surface area contributed by atoms with Crippen molar-refractivity contribution in [1.29, 1.82) is 0 Å². The number of hydrogen-bond acceptors (Lipinski definition) is 4. The summed E-state index contributed by atoms with van der Waals surface area (Å²) in [5.74, 6) is 0.0341. The number of guanidine groups is 1. The van der Waals surface area contributed by atoms with Crippen LogP contribution in [0.15, 0.2) is 40.4 Å². The van der Waals surface area contributed by atoms with Crippen LogP contribution in [-0.2, 0) is 10.0 Å². The molecule has 7 nitrogen and oxygen atoms in total. The van der Waals surface area contributed by atoms with Gasteiger partial charge in [0.05, 0.1) is 4.90 Å². The van der Waals surface area contributed by atoms with Crippen LogP contribution >= 0.6 is 11.6 Å². The molecule has 0 saturated heterocycles. The van der Waals surface area contributed by atoms with E-state index in [1.54, 1.807) is 24.3 Å². The Labute approximate surface area is 139 Å². The van der Waals surface area contributed by atoms with Crippen molar-refractivity contribution < 1.29 is 8.42 Å². The summed E-state index contributed by atoms with van der Waals surface area (Å²) in [6, 6.07) is 6.55. The van der Waals surface area contributed by atoms with E-state index < -0.39 is 10.0 Å². The number of unbranched alkanes of at least 4 members (excludes halogenated alkanes) is 1. The molecule has 1 aromatic heterocycles. The van der Waals surface area contributed by atoms with Crippen LogP contribution in [0.5, 0.6) is 0 Å². The number of aliphatic imine (C=N–C) groups is 1. The zero-order valence-corrected chi connectivity index (χ0v) is 13.9. The molecule has 0 bridgehead atoms. The number of nitrogens with one attached hydrogen (secondary N) is 1. The zero-order valence-electron chi connectivity index (χ0n) is 12.4. The molecule has 0 spiro atoms. The number of benzene rings is 1. The van der Waals surface area contributed by atoms with Gasteiger partial charge in [-0.25, -0.2) is 18.1 Å². The van der Waals surface area contributed by atoms with Crippen LogP contribution in [0.25, 0.3) is 10.8 Å². The molecule has 1 aromatic carbocycles. The third-order valence-corrected chi connectivity index (χ3v) is 5.00. The summed E-state index contributed by atoms with van der Waals surface area (Å²) in [4.78, 5) is 7.98. The van der Waals surface area contributed by atoms with Crippen LogP contribution < -0.4 is 16.2 Å². The molecule has 0 radical (unpaired) electrons. The van der Waals surface area contributed by atoms with Crippen LogP contribution in [0.3, 0.4) is 0 Å². The van der Waals surface area contributed by atoms with E-state index in [-0.39, 0.29) is 16.0 Å². The Morgan fingerprint density at radius 1 is 1.22 bits per heavy atom. The van der Waals surface area contributed by atoms with Gasteiger partial charge in [-0.3, -0.25) is 4.99 Å². The fourth-order valence-electron chi connectivity index (χ4n) is 2.11. The summed E-state index contributed by atoms with van der Waals surface area (Å²) >= 11 is 6.01. The minimum atomic E-state index is -3.63. The predicted molar refractivity (Wildman–Crippen MR) is 91.9 cm³/mol. The van der Waals surface area contributed by atoms with E-state index >= 15 is 0 Å². The lowest BCUT2D eigenvalue weighted by molar-refractivity contribution is 0.578. The van der Waals surface area contributed by atoms with Crippen LogP contribution in [0.1, 0.15) is 12.8 Å². The van der Waals surface area contributed by atoms with Gasteiger partial charge in [0.1, 0.15) is 5.15 Å². The second kappa shape index (κ2) is 7.58. The van der Waals surface area contributed by atoms with E-state index in [0.717, 1.165) is 0 Å². The minimum absolute atomic E-state index is 0.0341. The summed E-state index contributed by atoms with van der Waals surface area (Å²) in [6.45, 7) is 0.775. The van der Waals surface area contributed by atoms with E-state index in [9.17, 15) is 8.42 Å². The topological polar surface area (TPSA) is 123 Å². The smallest absolute Gasteiger partial charge is 0.241 e. The van der Waals surface area contributed by atoms with Gasteiger partial charge in [-0.1, -0.05) is 23.7 Å². The third kappa shape index (κ3) is 4.54. The summed E-state index contributed by atoms with van der Waals surface area (Å²) < 4.78 is 27.5. The monoisotopic (exact) mass is 355 g/mol. The molecule has 1 heterocycles. The van der Waals surface area contributed by atoms with Crippen molar-refractivity contribution in [3.63, 3.8) is 0 Å². The first-order valence-electron chi connectivity index (χ1n) is 7.00. The van der Waals surface area contributed by atoms with Gasteiger partial charge in [-0.15, -0.1) is 0 Å². The Morgan fingerprint density at radius 2 is 2.00 bits per heavy atom. The lowest BCUT2D eigenvalue weighted by Gasteiger charge is -2.09. The number of sulfonamides is 1. The number of halogens is 1. The van der Waals surface area contributed by atoms with Gasteiger partial charge in [-0.05, 0) is 25.0 Å². The minimum Gasteiger partial charge on any atom is -0.370 e. The molecule has 2 rings (SSSR count). The first-order valence-corrected chi connectivity index (χ1v) is 8.86. The molecule has 0 atom stereocenters. The van der Waals surface area contributed by atoms with E-state index in [0.29, 0.717) is 36.7 Å². The van der Waals surface area contributed by atoms with Gasteiger partial charge >= 0.3 is 0 Å². The number of rotatable bonds is 7. The standard InChI is InChI=1S/C14H18ClN5O2S/c15-13-11-4-3-5-12(10(11)6-9-18-13)23(21,22)20-8-2-1-7-19-14(16)17/h3-6,9,20H,1-2,7-8H2,(H4,16,17,19). The molecule has 0 unspecified atom stereocenters. The predicted octanol–water partition coefficient (Wildman–Crippen LogP) is 1.22. The number of aromatic nitrogens is 1. The van der Waals surface area contributed by atoms with Gasteiger partial charge in [0.25, 0.3) is 0 Å². The van der Waals surface area contributed by atoms with Crippen molar-refractivity contribution in [3.8, 4) is 0 Å². The highest BCUT2D eigenvalue weighted by atomic mass is 35.5. The second-order valence-electron chi connectivity index (χ2n) is 4.86. The van der Waals surface area contributed by atoms with Crippen molar-refractivity contribution in [2.75, 3.05) is 13.1 Å². The van der Waals surface area contributed by atoms with Gasteiger partial charge in [0.2, 0.25) is 10.0 Å². The molecule has 124 valence electrons. The van der Waals surface area contributed by atoms with Gasteiger partial charge < -0.3 is 11.5 Å². The van der Waals surface area contributed by atoms with Crippen molar-refractivity contribution in [3.05, 3.63) is 35.6 Å². The average Bonchev–Trinajstić information content (AvgIpc) is 2.50. The van der Waals surface area contributed by atoms with Gasteiger partial charge in [-0.2, -0.15) is 0 Å². The Morgan fingerprint density at radius 3 is 2.74 bits per heavy atom. The largest absolute Gasteiger partial charge is 0.370 e.